The van der Waals surface area contributed by atoms with Gasteiger partial charge >= 0.3 is 6.01 Å². The van der Waals surface area contributed by atoms with Crippen LogP contribution in [0.15, 0.2) is 18.2 Å². The second-order valence-corrected chi connectivity index (χ2v) is 7.89. The minimum atomic E-state index is -0.821. The van der Waals surface area contributed by atoms with E-state index < -0.39 is 5.41 Å². The Bertz CT molecular complexity index is 772. The third kappa shape index (κ3) is 4.66. The van der Waals surface area contributed by atoms with Gasteiger partial charge in [0.25, 0.3) is 5.91 Å². The molecule has 5 nitrogen and oxygen atoms in total. The molecule has 1 heterocycles. The smallest absolute Gasteiger partial charge is 0.336 e. The third-order valence-electron chi connectivity index (χ3n) is 3.41. The highest BCUT2D eigenvalue weighted by Gasteiger charge is 2.32. The van der Waals surface area contributed by atoms with Crippen LogP contribution in [0.1, 0.15) is 32.5 Å². The predicted octanol–water partition coefficient (Wildman–Crippen LogP) is 5.19. The molecular formula is C17H20Cl3N3O2. The van der Waals surface area contributed by atoms with Crippen LogP contribution in [0.2, 0.25) is 10.0 Å². The number of hydrogen-bond acceptors (Lipinski definition) is 4. The maximum absolute atomic E-state index is 12.9. The molecule has 25 heavy (non-hydrogen) atoms. The van der Waals surface area contributed by atoms with Gasteiger partial charge < -0.3 is 4.74 Å². The van der Waals surface area contributed by atoms with Crippen LogP contribution >= 0.6 is 34.8 Å². The number of rotatable bonds is 6. The fourth-order valence-corrected chi connectivity index (χ4v) is 2.53. The van der Waals surface area contributed by atoms with E-state index in [-0.39, 0.29) is 17.8 Å². The van der Waals surface area contributed by atoms with Gasteiger partial charge in [0, 0.05) is 16.5 Å². The largest absolute Gasteiger partial charge is 0.462 e. The summed E-state index contributed by atoms with van der Waals surface area (Å²) in [6.07, 6.45) is 0. The van der Waals surface area contributed by atoms with Crippen molar-refractivity contribution in [3.63, 3.8) is 0 Å². The summed E-state index contributed by atoms with van der Waals surface area (Å²) in [5.74, 6) is 0.435. The highest BCUT2D eigenvalue weighted by Crippen LogP contribution is 2.32. The monoisotopic (exact) mass is 403 g/mol. The van der Waals surface area contributed by atoms with Crippen LogP contribution in [0, 0.1) is 11.3 Å². The summed E-state index contributed by atoms with van der Waals surface area (Å²) in [6, 6.07) is 5.07. The summed E-state index contributed by atoms with van der Waals surface area (Å²) < 4.78 is 6.77. The summed E-state index contributed by atoms with van der Waals surface area (Å²) in [6.45, 7) is 7.94. The predicted molar refractivity (Wildman–Crippen MR) is 101 cm³/mol. The van der Waals surface area contributed by atoms with Gasteiger partial charge in [0.05, 0.1) is 17.0 Å². The number of benzene rings is 1. The fraction of sp³-hybridized carbons (Fsp3) is 0.471. The molecule has 1 aromatic heterocycles. The van der Waals surface area contributed by atoms with E-state index in [9.17, 15) is 4.79 Å². The molecule has 0 saturated carbocycles. The number of alkyl halides is 1. The number of nitrogens with zero attached hydrogens (tertiary/aromatic N) is 3. The molecule has 0 fully saturated rings. The molecule has 0 N–H and O–H groups in total. The molecule has 0 aliphatic heterocycles. The van der Waals surface area contributed by atoms with Gasteiger partial charge in [-0.1, -0.05) is 37.0 Å². The quantitative estimate of drug-likeness (QED) is 0.621. The fourth-order valence-electron chi connectivity index (χ4n) is 1.93. The van der Waals surface area contributed by atoms with Crippen molar-refractivity contribution in [2.45, 2.75) is 27.7 Å². The number of ether oxygens (including phenoxy) is 1. The van der Waals surface area contributed by atoms with E-state index in [2.05, 4.69) is 10.1 Å². The lowest BCUT2D eigenvalue weighted by molar-refractivity contribution is 0.0752. The van der Waals surface area contributed by atoms with Crippen LogP contribution in [0.3, 0.4) is 0 Å². The van der Waals surface area contributed by atoms with Crippen molar-refractivity contribution in [2.75, 3.05) is 12.5 Å². The summed E-state index contributed by atoms with van der Waals surface area (Å²) in [4.78, 5) is 17.2. The van der Waals surface area contributed by atoms with E-state index in [1.54, 1.807) is 32.0 Å². The molecule has 1 aromatic carbocycles. The molecule has 2 rings (SSSR count). The normalized spacial score (nSPS) is 11.8. The van der Waals surface area contributed by atoms with Gasteiger partial charge in [-0.3, -0.25) is 4.79 Å². The van der Waals surface area contributed by atoms with Crippen molar-refractivity contribution < 1.29 is 9.53 Å². The van der Waals surface area contributed by atoms with E-state index in [4.69, 9.17) is 39.5 Å². The van der Waals surface area contributed by atoms with Gasteiger partial charge in [0.15, 0.2) is 5.82 Å². The van der Waals surface area contributed by atoms with Gasteiger partial charge in [-0.25, -0.2) is 0 Å². The minimum Gasteiger partial charge on any atom is -0.462 e. The van der Waals surface area contributed by atoms with E-state index >= 15 is 0 Å². The molecule has 0 atom stereocenters. The zero-order chi connectivity index (χ0) is 18.8. The van der Waals surface area contributed by atoms with E-state index in [0.29, 0.717) is 34.0 Å². The van der Waals surface area contributed by atoms with E-state index in [0.717, 1.165) is 0 Å². The summed E-state index contributed by atoms with van der Waals surface area (Å²) in [5, 5.41) is 5.08. The summed E-state index contributed by atoms with van der Waals surface area (Å²) in [5.41, 5.74) is -0.283. The standard InChI is InChI=1S/C17H20Cl3N3O2/c1-10(2)8-25-16-21-14(12-6-5-11(19)7-13(12)20)23(22-16)15(24)17(3,4)9-18/h5-7,10H,8-9H2,1-4H3. The number of aromatic nitrogens is 3. The van der Waals surface area contributed by atoms with Crippen molar-refractivity contribution in [3.05, 3.63) is 28.2 Å². The van der Waals surface area contributed by atoms with Gasteiger partial charge in [0.1, 0.15) is 0 Å². The minimum absolute atomic E-state index is 0.119. The first-order valence-electron chi connectivity index (χ1n) is 7.81. The Morgan fingerprint density at radius 3 is 2.56 bits per heavy atom. The molecule has 0 radical (unpaired) electrons. The summed E-state index contributed by atoms with van der Waals surface area (Å²) in [7, 11) is 0. The average molecular weight is 405 g/mol. The SMILES string of the molecule is CC(C)COc1nc(-c2ccc(Cl)cc2Cl)n(C(=O)C(C)(C)CCl)n1. The molecule has 136 valence electrons. The van der Waals surface area contributed by atoms with Crippen LogP contribution in [0.4, 0.5) is 0 Å². The average Bonchev–Trinajstić information content (AvgIpc) is 2.96. The topological polar surface area (TPSA) is 57.0 Å². The van der Waals surface area contributed by atoms with Crippen LogP contribution < -0.4 is 4.74 Å². The summed E-state index contributed by atoms with van der Waals surface area (Å²) >= 11 is 18.2. The molecule has 0 unspecified atom stereocenters. The van der Waals surface area contributed by atoms with Crippen LogP contribution in [-0.2, 0) is 0 Å². The molecule has 0 aliphatic carbocycles. The molecule has 0 saturated heterocycles. The Labute approximate surface area is 162 Å². The number of carbonyl (C=O) groups excluding carboxylic acids is 1. The van der Waals surface area contributed by atoms with Gasteiger partial charge in [-0.15, -0.1) is 16.7 Å². The lowest BCUT2D eigenvalue weighted by Crippen LogP contribution is -2.32. The Kier molecular flexibility index (Phi) is 6.35. The van der Waals surface area contributed by atoms with Crippen molar-refractivity contribution in [3.8, 4) is 17.4 Å². The van der Waals surface area contributed by atoms with Gasteiger partial charge in [-0.05, 0) is 38.0 Å². The highest BCUT2D eigenvalue weighted by molar-refractivity contribution is 6.36. The van der Waals surface area contributed by atoms with Crippen molar-refractivity contribution >= 4 is 40.7 Å². The van der Waals surface area contributed by atoms with Gasteiger partial charge in [-0.2, -0.15) is 9.67 Å². The molecule has 0 spiro atoms. The Morgan fingerprint density at radius 2 is 2.00 bits per heavy atom. The molecule has 0 amide bonds. The number of hydrogen-bond donors (Lipinski definition) is 0. The number of carbonyl (C=O) groups is 1. The molecular weight excluding hydrogens is 385 g/mol. The van der Waals surface area contributed by atoms with Crippen LogP contribution in [-0.4, -0.2) is 33.2 Å². The lowest BCUT2D eigenvalue weighted by Gasteiger charge is -2.19. The lowest BCUT2D eigenvalue weighted by atomic mass is 9.95. The second-order valence-electron chi connectivity index (χ2n) is 6.78. The van der Waals surface area contributed by atoms with Crippen molar-refractivity contribution in [2.24, 2.45) is 11.3 Å². The number of halogens is 3. The van der Waals surface area contributed by atoms with E-state index in [1.807, 2.05) is 13.8 Å². The Balaban J connectivity index is 2.54. The Hall–Kier alpha value is -1.30. The third-order valence-corrected chi connectivity index (χ3v) is 4.63. The van der Waals surface area contributed by atoms with Crippen LogP contribution in [0.5, 0.6) is 6.01 Å². The highest BCUT2D eigenvalue weighted by atomic mass is 35.5. The first-order chi connectivity index (χ1) is 11.7. The maximum atomic E-state index is 12.9. The van der Waals surface area contributed by atoms with Crippen molar-refractivity contribution in [1.29, 1.82) is 0 Å². The zero-order valence-electron chi connectivity index (χ0n) is 14.5. The molecule has 2 aromatic rings. The maximum Gasteiger partial charge on any atom is 0.336 e. The van der Waals surface area contributed by atoms with Crippen LogP contribution in [0.25, 0.3) is 11.4 Å². The second kappa shape index (κ2) is 7.94. The first-order valence-corrected chi connectivity index (χ1v) is 9.11. The van der Waals surface area contributed by atoms with E-state index in [1.165, 1.54) is 4.68 Å². The zero-order valence-corrected chi connectivity index (χ0v) is 16.8. The molecule has 8 heteroatoms. The Morgan fingerprint density at radius 1 is 1.32 bits per heavy atom. The molecule has 0 aliphatic rings. The van der Waals surface area contributed by atoms with Gasteiger partial charge in [0.2, 0.25) is 0 Å². The molecule has 0 bridgehead atoms. The van der Waals surface area contributed by atoms with Crippen molar-refractivity contribution in [1.82, 2.24) is 14.8 Å². The first kappa shape index (κ1) is 20.0.